The van der Waals surface area contributed by atoms with E-state index in [1.165, 1.54) is 0 Å². The van der Waals surface area contributed by atoms with Gasteiger partial charge in [-0.15, -0.1) is 36.5 Å². The Morgan fingerprint density at radius 3 is 2.33 bits per heavy atom. The molecule has 0 aliphatic heterocycles. The van der Waals surface area contributed by atoms with E-state index in [1.54, 1.807) is 0 Å². The van der Waals surface area contributed by atoms with Gasteiger partial charge in [-0.1, -0.05) is 0 Å². The lowest BCUT2D eigenvalue weighted by Gasteiger charge is -2.68. The monoisotopic (exact) mass is 478 g/mol. The second kappa shape index (κ2) is 7.05. The average Bonchev–Trinajstić information content (AvgIpc) is 3.07. The van der Waals surface area contributed by atoms with Gasteiger partial charge in [-0.3, -0.25) is 9.53 Å². The van der Waals surface area contributed by atoms with Crippen molar-refractivity contribution >= 4 is 5.91 Å². The lowest BCUT2D eigenvalue weighted by atomic mass is 9.39. The molecule has 0 spiro atoms. The molecule has 14 heteroatoms. The lowest BCUT2D eigenvalue weighted by molar-refractivity contribution is -0.352. The maximum absolute atomic E-state index is 12.4. The van der Waals surface area contributed by atoms with Gasteiger partial charge < -0.3 is 14.5 Å². The number of nitrogens with one attached hydrogen (secondary N) is 1. The van der Waals surface area contributed by atoms with E-state index >= 15 is 0 Å². The zero-order chi connectivity index (χ0) is 23.6. The third-order valence-electron chi connectivity index (χ3n) is 6.25. The van der Waals surface area contributed by atoms with Crippen LogP contribution < -0.4 is 10.1 Å². The molecular weight excluding hydrogens is 462 g/mol. The molecule has 0 unspecified atom stereocenters. The molecule has 2 aromatic rings. The summed E-state index contributed by atoms with van der Waals surface area (Å²) in [5, 5.41) is 10.9. The molecule has 8 nitrogen and oxygen atoms in total. The first-order valence-corrected chi connectivity index (χ1v) is 9.97. The molecule has 2 aromatic heterocycles. The summed E-state index contributed by atoms with van der Waals surface area (Å²) in [7, 11) is 0. The molecule has 0 radical (unpaired) electrons. The summed E-state index contributed by atoms with van der Waals surface area (Å²) in [4.78, 5) is 16.1. The van der Waals surface area contributed by atoms with Crippen molar-refractivity contribution in [1.29, 1.82) is 0 Å². The number of ether oxygens (including phenoxy) is 2. The Hall–Kier alpha value is -2.90. The molecule has 4 saturated carbocycles. The van der Waals surface area contributed by atoms with Gasteiger partial charge in [-0.25, -0.2) is 4.98 Å². The van der Waals surface area contributed by atoms with Crippen LogP contribution in [0.3, 0.4) is 0 Å². The highest BCUT2D eigenvalue weighted by Gasteiger charge is 2.72. The number of pyridine rings is 1. The molecule has 0 aromatic carbocycles. The second-order valence-electron chi connectivity index (χ2n) is 8.77. The second-order valence-corrected chi connectivity index (χ2v) is 8.77. The summed E-state index contributed by atoms with van der Waals surface area (Å²) in [6.45, 7) is 0. The minimum Gasteiger partial charge on any atom is -0.424 e. The molecule has 4 aliphatic carbocycles. The summed E-state index contributed by atoms with van der Waals surface area (Å²) in [6.07, 6.45) is -7.72. The third-order valence-corrected chi connectivity index (χ3v) is 6.25. The molecule has 2 heterocycles. The van der Waals surface area contributed by atoms with Gasteiger partial charge in [0, 0.05) is 11.5 Å². The number of amides is 1. The SMILES string of the molecule is O=C(NC12CC(c3nnc([C@H]4C[C@@H](OC(F)(F)F)C4)o3)(C1)C2)c1ccc(OC(F)(F)F)cn1. The fourth-order valence-electron chi connectivity index (χ4n) is 4.83. The molecule has 1 N–H and O–H groups in total. The lowest BCUT2D eigenvalue weighted by Crippen LogP contribution is -2.76. The van der Waals surface area contributed by atoms with Crippen molar-refractivity contribution in [2.45, 2.75) is 67.8 Å². The van der Waals surface area contributed by atoms with Crippen LogP contribution in [0.1, 0.15) is 60.3 Å². The van der Waals surface area contributed by atoms with Crippen molar-refractivity contribution in [3.8, 4) is 5.75 Å². The van der Waals surface area contributed by atoms with E-state index in [-0.39, 0.29) is 35.8 Å². The number of nitrogens with zero attached hydrogens (tertiary/aromatic N) is 3. The van der Waals surface area contributed by atoms with Crippen molar-refractivity contribution < 1.29 is 45.0 Å². The standard InChI is InChI=1S/C19H16F6N4O4/c20-18(21,22)32-10-1-2-12(26-5-10)13(30)27-17-6-16(7-17,8-17)15-29-28-14(31-15)9-3-11(4-9)33-19(23,24)25/h1-2,5,9,11H,3-4,6-8H2,(H,27,30)/t9-,11+,16?,17?. The van der Waals surface area contributed by atoms with Gasteiger partial charge in [0.05, 0.1) is 17.7 Å². The predicted molar refractivity (Wildman–Crippen MR) is 93.8 cm³/mol. The molecule has 4 fully saturated rings. The molecule has 0 saturated heterocycles. The number of hydrogen-bond acceptors (Lipinski definition) is 7. The maximum atomic E-state index is 12.4. The van der Waals surface area contributed by atoms with Crippen molar-refractivity contribution in [1.82, 2.24) is 20.5 Å². The van der Waals surface area contributed by atoms with Crippen molar-refractivity contribution in [3.63, 3.8) is 0 Å². The smallest absolute Gasteiger partial charge is 0.424 e. The van der Waals surface area contributed by atoms with Gasteiger partial charge in [-0.05, 0) is 44.2 Å². The van der Waals surface area contributed by atoms with E-state index in [2.05, 4.69) is 30.0 Å². The number of carbonyl (C=O) groups excluding carboxylic acids is 1. The first-order valence-electron chi connectivity index (χ1n) is 9.97. The average molecular weight is 478 g/mol. The van der Waals surface area contributed by atoms with Crippen molar-refractivity contribution in [2.75, 3.05) is 0 Å². The topological polar surface area (TPSA) is 99.4 Å². The van der Waals surface area contributed by atoms with Crippen LogP contribution in [-0.2, 0) is 10.2 Å². The highest BCUT2D eigenvalue weighted by Crippen LogP contribution is 2.67. The number of alkyl halides is 6. The van der Waals surface area contributed by atoms with Crippen LogP contribution in [-0.4, -0.2) is 45.5 Å². The molecule has 178 valence electrons. The fraction of sp³-hybridized carbons (Fsp3) is 0.579. The summed E-state index contributed by atoms with van der Waals surface area (Å²) in [5.74, 6) is -0.674. The third kappa shape index (κ3) is 4.23. The van der Waals surface area contributed by atoms with Gasteiger partial charge >= 0.3 is 12.7 Å². The highest BCUT2D eigenvalue weighted by molar-refractivity contribution is 5.93. The molecule has 33 heavy (non-hydrogen) atoms. The van der Waals surface area contributed by atoms with Crippen LogP contribution in [0.5, 0.6) is 5.75 Å². The van der Waals surface area contributed by atoms with E-state index in [0.29, 0.717) is 25.2 Å². The minimum absolute atomic E-state index is 0.0519. The minimum atomic E-state index is -4.85. The first kappa shape index (κ1) is 21.9. The summed E-state index contributed by atoms with van der Waals surface area (Å²) < 4.78 is 86.7. The van der Waals surface area contributed by atoms with Crippen molar-refractivity contribution in [2.24, 2.45) is 0 Å². The maximum Gasteiger partial charge on any atom is 0.573 e. The Balaban J connectivity index is 1.13. The molecule has 0 atom stereocenters. The molecule has 2 bridgehead atoms. The molecule has 1 amide bonds. The van der Waals surface area contributed by atoms with Gasteiger partial charge in [0.1, 0.15) is 11.4 Å². The predicted octanol–water partition coefficient (Wildman–Crippen LogP) is 3.75. The van der Waals surface area contributed by atoms with Gasteiger partial charge in [0.15, 0.2) is 0 Å². The van der Waals surface area contributed by atoms with Crippen LogP contribution in [0.25, 0.3) is 0 Å². The van der Waals surface area contributed by atoms with Gasteiger partial charge in [0.25, 0.3) is 5.91 Å². The van der Waals surface area contributed by atoms with Crippen LogP contribution >= 0.6 is 0 Å². The number of carbonyl (C=O) groups is 1. The first-order chi connectivity index (χ1) is 15.3. The summed E-state index contributed by atoms with van der Waals surface area (Å²) in [5.41, 5.74) is -0.928. The zero-order valence-corrected chi connectivity index (χ0v) is 16.7. The number of aromatic nitrogens is 3. The normalized spacial score (nSPS) is 30.6. The Morgan fingerprint density at radius 1 is 1.06 bits per heavy atom. The van der Waals surface area contributed by atoms with Gasteiger partial charge in [-0.2, -0.15) is 0 Å². The Kier molecular flexibility index (Phi) is 4.68. The Morgan fingerprint density at radius 2 is 1.76 bits per heavy atom. The summed E-state index contributed by atoms with van der Waals surface area (Å²) in [6, 6.07) is 2.14. The zero-order valence-electron chi connectivity index (χ0n) is 16.7. The number of rotatable bonds is 6. The van der Waals surface area contributed by atoms with E-state index in [1.807, 2.05) is 0 Å². The molecule has 6 rings (SSSR count). The van der Waals surface area contributed by atoms with E-state index < -0.39 is 36.0 Å². The molecule has 4 aliphatic rings. The highest BCUT2D eigenvalue weighted by atomic mass is 19.4. The largest absolute Gasteiger partial charge is 0.573 e. The fourth-order valence-corrected chi connectivity index (χ4v) is 4.83. The Bertz CT molecular complexity index is 1040. The van der Waals surface area contributed by atoms with Crippen LogP contribution in [0.4, 0.5) is 26.3 Å². The van der Waals surface area contributed by atoms with E-state index in [4.69, 9.17) is 4.42 Å². The summed E-state index contributed by atoms with van der Waals surface area (Å²) >= 11 is 0. The van der Waals surface area contributed by atoms with Crippen LogP contribution in [0.2, 0.25) is 0 Å². The quantitative estimate of drug-likeness (QED) is 0.632. The number of hydrogen-bond donors (Lipinski definition) is 1. The molecular formula is C19H16F6N4O4. The Labute approximate surface area is 181 Å². The van der Waals surface area contributed by atoms with Crippen molar-refractivity contribution in [3.05, 3.63) is 35.8 Å². The van der Waals surface area contributed by atoms with Gasteiger partial charge in [0.2, 0.25) is 11.8 Å². The van der Waals surface area contributed by atoms with E-state index in [9.17, 15) is 31.1 Å². The van der Waals surface area contributed by atoms with Crippen LogP contribution in [0, 0.1) is 0 Å². The van der Waals surface area contributed by atoms with Crippen LogP contribution in [0.15, 0.2) is 22.7 Å². The number of halogens is 6. The van der Waals surface area contributed by atoms with E-state index in [0.717, 1.165) is 18.3 Å².